The van der Waals surface area contributed by atoms with Gasteiger partial charge in [0, 0.05) is 69.2 Å². The second-order valence-corrected chi connectivity index (χ2v) is 26.8. The van der Waals surface area contributed by atoms with Crippen molar-refractivity contribution in [2.75, 3.05) is 208 Å². The second-order valence-electron chi connectivity index (χ2n) is 25.1. The fourth-order valence-corrected chi connectivity index (χ4v) is 11.1. The van der Waals surface area contributed by atoms with Gasteiger partial charge in [0.2, 0.25) is 76.8 Å². The van der Waals surface area contributed by atoms with E-state index in [1.165, 1.54) is 6.21 Å². The highest BCUT2D eigenvalue weighted by molar-refractivity contribution is 8.00. The van der Waals surface area contributed by atoms with Gasteiger partial charge in [-0.2, -0.15) is 25.3 Å². The molecule has 118 heavy (non-hydrogen) atoms. The summed E-state index contributed by atoms with van der Waals surface area (Å²) < 4.78 is 53.9. The molecular formula is C70H116N18O27S3. The molecule has 2 rings (SSSR count). The van der Waals surface area contributed by atoms with Gasteiger partial charge in [-0.3, -0.25) is 76.9 Å². The Morgan fingerprint density at radius 1 is 0.475 bits per heavy atom. The van der Waals surface area contributed by atoms with E-state index in [1.807, 2.05) is 0 Å². The number of primary amides is 1. The van der Waals surface area contributed by atoms with Crippen molar-refractivity contribution in [3.05, 3.63) is 35.9 Å². The minimum Gasteiger partial charge on any atom is -0.481 e. The number of thiol groups is 2. The number of amides is 14. The van der Waals surface area contributed by atoms with Crippen LogP contribution in [0, 0.1) is 0 Å². The molecule has 0 aromatic heterocycles. The smallest absolute Gasteiger partial charge is 0.305 e. The number of carboxylic acids is 1. The van der Waals surface area contributed by atoms with Crippen molar-refractivity contribution in [2.24, 2.45) is 27.3 Å². The number of nitrogens with one attached hydrogen (secondary N) is 13. The van der Waals surface area contributed by atoms with Crippen LogP contribution in [-0.4, -0.2) is 356 Å². The molecule has 0 aliphatic carbocycles. The molecule has 1 saturated heterocycles. The summed E-state index contributed by atoms with van der Waals surface area (Å²) in [5, 5.41) is 46.2. The number of ether oxygens (including phenoxy) is 10. The monoisotopic (exact) mass is 1740 g/mol. The molecule has 0 saturated carbocycles. The van der Waals surface area contributed by atoms with E-state index in [4.69, 9.17) is 69.4 Å². The molecule has 20 N–H and O–H groups in total. The van der Waals surface area contributed by atoms with Gasteiger partial charge in [0.25, 0.3) is 5.91 Å². The van der Waals surface area contributed by atoms with Gasteiger partial charge in [-0.05, 0) is 44.6 Å². The Balaban J connectivity index is 2.21. The van der Waals surface area contributed by atoms with Crippen LogP contribution in [0.2, 0.25) is 0 Å². The zero-order chi connectivity index (χ0) is 86.8. The molecule has 1 aromatic rings. The molecule has 1 aromatic carbocycles. The number of aliphatic imine (C=N–C) groups is 1. The molecule has 666 valence electrons. The van der Waals surface area contributed by atoms with Crippen molar-refractivity contribution in [1.82, 2.24) is 69.1 Å². The third-order valence-electron chi connectivity index (χ3n) is 15.4. The summed E-state index contributed by atoms with van der Waals surface area (Å²) in [4.78, 5) is 206. The molecule has 48 heteroatoms. The van der Waals surface area contributed by atoms with Crippen LogP contribution in [0.3, 0.4) is 0 Å². The van der Waals surface area contributed by atoms with Gasteiger partial charge in [0.05, 0.1) is 124 Å². The van der Waals surface area contributed by atoms with Gasteiger partial charge in [-0.25, -0.2) is 0 Å². The number of aliphatic carboxylic acids is 1. The average Bonchev–Trinajstić information content (AvgIpc) is 0.882. The van der Waals surface area contributed by atoms with E-state index in [9.17, 15) is 77.0 Å². The lowest BCUT2D eigenvalue weighted by Gasteiger charge is -2.26. The minimum absolute atomic E-state index is 0.0321. The Morgan fingerprint density at radius 2 is 0.890 bits per heavy atom. The van der Waals surface area contributed by atoms with E-state index in [0.717, 1.165) is 11.8 Å². The zero-order valence-electron chi connectivity index (χ0n) is 66.1. The fraction of sp³-hybridized carbons (Fsp3) is 0.671. The topological polar surface area (TPSA) is 637 Å². The first-order valence-corrected chi connectivity index (χ1v) is 40.3. The summed E-state index contributed by atoms with van der Waals surface area (Å²) in [6.07, 6.45) is 0.333. The molecule has 1 aliphatic rings. The van der Waals surface area contributed by atoms with Crippen molar-refractivity contribution in [3.63, 3.8) is 0 Å². The van der Waals surface area contributed by atoms with Crippen LogP contribution in [0.5, 0.6) is 0 Å². The molecule has 1 heterocycles. The molecule has 0 spiro atoms. The van der Waals surface area contributed by atoms with Gasteiger partial charge in [0.1, 0.15) is 68.7 Å². The molecule has 1 fully saturated rings. The number of nitrogens with zero attached hydrogens (tertiary/aromatic N) is 2. The average molecular weight is 1740 g/mol. The summed E-state index contributed by atoms with van der Waals surface area (Å²) in [5.41, 5.74) is 16.5. The van der Waals surface area contributed by atoms with Gasteiger partial charge in [-0.15, -0.1) is 11.8 Å². The Morgan fingerprint density at radius 3 is 1.37 bits per heavy atom. The maximum absolute atomic E-state index is 14.6. The first-order valence-electron chi connectivity index (χ1n) is 37.8. The SMILES string of the molecule is CC=NOCC(=O)NCCOCCOCCOCCOCCOCCNC(=O)COCC(=O)NCCCC[C@@H]1NC(=O)CSC[C@@H](C(=O)NCCOCCOCCOCCNC(=O)COCC(N)=O)NC(=O)[C@H](Cc2ccccc2)NC(=O)[C@H](CS)NC(=O)[C@H](CC(=O)O)NC(=O)CNC(=O)[C@H](CCCN=C(N)N)NC(=O)[C@H](CS)NC1=O. The number of benzene rings is 1. The Kier molecular flexibility index (Phi) is 59.9. The molecular weight excluding hydrogens is 1620 g/mol. The lowest BCUT2D eigenvalue weighted by atomic mass is 10.0. The predicted octanol–water partition coefficient (Wildman–Crippen LogP) is -8.70. The largest absolute Gasteiger partial charge is 0.481 e. The van der Waals surface area contributed by atoms with E-state index < -0.39 is 169 Å². The molecule has 45 nitrogen and oxygen atoms in total. The van der Waals surface area contributed by atoms with Crippen LogP contribution < -0.4 is 86.3 Å². The van der Waals surface area contributed by atoms with Crippen LogP contribution in [0.1, 0.15) is 51.0 Å². The number of hydrogen-bond acceptors (Lipinski definition) is 31. The molecule has 1 aliphatic heterocycles. The lowest BCUT2D eigenvalue weighted by molar-refractivity contribution is -0.141. The standard InChI is InChI=1S/C70H116N18O27S3/c1-2-81-115-42-60(94)77-17-21-107-25-29-111-32-34-112-33-31-110-28-24-106-20-16-76-59(93)41-114-40-57(91)74-13-7-6-11-49-65(100)86-52(43-116)68(103)84-48(12-8-14-79-70(72)73)63(98)80-37-56(90)83-51(36-62(96)97)67(102)87-53(44-117)69(104)85-50(35-47-9-4-3-5-10-47)66(101)88-54(45-118-46-61(95)82-49)64(99)78-18-22-108-26-30-109-27-23-105-19-15-75-58(92)39-113-38-55(71)89/h2-5,9-10,48-54,116-117H,6-8,11-46H2,1H3,(H2,71,89)(H,74,91)(H,75,92)(H,76,93)(H,77,94)(H,78,99)(H,80,98)(H,82,95)(H,83,90)(H,84,103)(H,85,104)(H,86,100)(H,87,102)(H,88,101)(H,96,97)(H4,72,73,79)/t48-,49-,50-,51-,52-,53-,54-/m0/s1. The number of carbonyl (C=O) groups excluding carboxylic acids is 14. The Hall–Kier alpha value is -9.34. The third kappa shape index (κ3) is 54.6. The Bertz CT molecular complexity index is 3250. The number of nitrogens with two attached hydrogens (primary N) is 3. The lowest BCUT2D eigenvalue weighted by Crippen LogP contribution is -2.60. The van der Waals surface area contributed by atoms with Crippen molar-refractivity contribution in [2.45, 2.75) is 94.2 Å². The van der Waals surface area contributed by atoms with E-state index in [-0.39, 0.29) is 167 Å². The first kappa shape index (κ1) is 105. The number of carbonyl (C=O) groups is 15. The van der Waals surface area contributed by atoms with E-state index in [2.05, 4.69) is 105 Å². The summed E-state index contributed by atoms with van der Waals surface area (Å²) in [6, 6.07) is -2.52. The number of unbranched alkanes of at least 4 members (excludes halogenated alkanes) is 1. The van der Waals surface area contributed by atoms with Crippen molar-refractivity contribution < 1.29 is 129 Å². The summed E-state index contributed by atoms with van der Waals surface area (Å²) in [7, 11) is 0. The highest BCUT2D eigenvalue weighted by Crippen LogP contribution is 2.11. The maximum Gasteiger partial charge on any atom is 0.305 e. The molecule has 7 atom stereocenters. The van der Waals surface area contributed by atoms with E-state index in [0.29, 0.717) is 58.4 Å². The van der Waals surface area contributed by atoms with Crippen LogP contribution >= 0.6 is 37.0 Å². The van der Waals surface area contributed by atoms with E-state index in [1.54, 1.807) is 37.3 Å². The summed E-state index contributed by atoms with van der Waals surface area (Å²) in [5.74, 6) is -14.7. The molecule has 0 unspecified atom stereocenters. The predicted molar refractivity (Wildman–Crippen MR) is 430 cm³/mol. The molecule has 0 bridgehead atoms. The number of thioether (sulfide) groups is 1. The number of guanidine groups is 1. The van der Waals surface area contributed by atoms with Crippen LogP contribution in [0.15, 0.2) is 40.5 Å². The quantitative estimate of drug-likeness (QED) is 0.00947. The molecule has 0 radical (unpaired) electrons. The molecule has 14 amide bonds. The van der Waals surface area contributed by atoms with Gasteiger partial charge in [-0.1, -0.05) is 35.5 Å². The van der Waals surface area contributed by atoms with Gasteiger partial charge >= 0.3 is 5.97 Å². The van der Waals surface area contributed by atoms with Gasteiger partial charge in [0.15, 0.2) is 12.6 Å². The van der Waals surface area contributed by atoms with E-state index >= 15 is 0 Å². The van der Waals surface area contributed by atoms with Crippen LogP contribution in [-0.2, 0) is 131 Å². The van der Waals surface area contributed by atoms with Crippen LogP contribution in [0.4, 0.5) is 0 Å². The number of oxime groups is 1. The normalized spacial score (nSPS) is 18.3. The van der Waals surface area contributed by atoms with Crippen LogP contribution in [0.25, 0.3) is 0 Å². The fourth-order valence-electron chi connectivity index (χ4n) is 9.70. The second kappa shape index (κ2) is 67.5. The van der Waals surface area contributed by atoms with Crippen molar-refractivity contribution >= 4 is 138 Å². The Labute approximate surface area is 698 Å². The number of carboxylic acid groups (broad SMARTS) is 1. The highest BCUT2D eigenvalue weighted by Gasteiger charge is 2.34. The van der Waals surface area contributed by atoms with Gasteiger partial charge < -0.3 is 144 Å². The van der Waals surface area contributed by atoms with Crippen molar-refractivity contribution in [3.8, 4) is 0 Å². The van der Waals surface area contributed by atoms with Crippen molar-refractivity contribution in [1.29, 1.82) is 0 Å². The summed E-state index contributed by atoms with van der Waals surface area (Å²) >= 11 is 9.37. The summed E-state index contributed by atoms with van der Waals surface area (Å²) in [6.45, 7) is 3.04. The number of hydrogen-bond donors (Lipinski definition) is 19. The first-order chi connectivity index (χ1) is 56.8. The highest BCUT2D eigenvalue weighted by atomic mass is 32.2. The minimum atomic E-state index is -1.88. The maximum atomic E-state index is 14.6. The number of rotatable bonds is 57. The third-order valence-corrected chi connectivity index (χ3v) is 17.2. The zero-order valence-corrected chi connectivity index (χ0v) is 68.7.